The zero-order valence-electron chi connectivity index (χ0n) is 7.69. The minimum Gasteiger partial charge on any atom is -0.447 e. The Labute approximate surface area is 77.1 Å². The molecule has 0 bridgehead atoms. The highest BCUT2D eigenvalue weighted by atomic mass is 16.5. The van der Waals surface area contributed by atoms with E-state index in [2.05, 4.69) is 4.98 Å². The summed E-state index contributed by atoms with van der Waals surface area (Å²) >= 11 is 0. The van der Waals surface area contributed by atoms with Crippen molar-refractivity contribution in [2.75, 3.05) is 6.61 Å². The molecule has 2 N–H and O–H groups in total. The van der Waals surface area contributed by atoms with Crippen LogP contribution < -0.4 is 5.73 Å². The van der Waals surface area contributed by atoms with E-state index in [4.69, 9.17) is 14.9 Å². The fourth-order valence-corrected chi connectivity index (χ4v) is 1.47. The first kappa shape index (κ1) is 8.72. The van der Waals surface area contributed by atoms with Gasteiger partial charge in [0, 0.05) is 6.61 Å². The largest absolute Gasteiger partial charge is 0.447 e. The molecule has 0 saturated carbocycles. The predicted molar refractivity (Wildman–Crippen MR) is 47.0 cm³/mol. The summed E-state index contributed by atoms with van der Waals surface area (Å²) in [7, 11) is 0. The highest BCUT2D eigenvalue weighted by Crippen LogP contribution is 2.28. The number of nitrogens with two attached hydrogens (primary N) is 1. The van der Waals surface area contributed by atoms with E-state index in [9.17, 15) is 0 Å². The Morgan fingerprint density at radius 2 is 2.54 bits per heavy atom. The van der Waals surface area contributed by atoms with Crippen LogP contribution in [-0.4, -0.2) is 11.6 Å². The molecule has 0 aromatic carbocycles. The van der Waals surface area contributed by atoms with Crippen LogP contribution in [0.3, 0.4) is 0 Å². The number of aromatic nitrogens is 1. The van der Waals surface area contributed by atoms with Gasteiger partial charge in [-0.05, 0) is 19.8 Å². The van der Waals surface area contributed by atoms with E-state index in [-0.39, 0.29) is 12.1 Å². The molecular formula is C9H14N2O2. The lowest BCUT2D eigenvalue weighted by molar-refractivity contribution is 0.108. The lowest BCUT2D eigenvalue weighted by Crippen LogP contribution is -2.05. The van der Waals surface area contributed by atoms with Crippen molar-refractivity contribution in [2.45, 2.75) is 31.9 Å². The summed E-state index contributed by atoms with van der Waals surface area (Å²) in [5.74, 6) is 0.588. The van der Waals surface area contributed by atoms with Gasteiger partial charge in [-0.2, -0.15) is 0 Å². The molecule has 1 aromatic rings. The van der Waals surface area contributed by atoms with Crippen molar-refractivity contribution in [3.8, 4) is 0 Å². The van der Waals surface area contributed by atoms with E-state index < -0.39 is 0 Å². The van der Waals surface area contributed by atoms with Gasteiger partial charge in [-0.25, -0.2) is 4.98 Å². The maximum Gasteiger partial charge on any atom is 0.210 e. The summed E-state index contributed by atoms with van der Waals surface area (Å²) in [5, 5.41) is 0. The average molecular weight is 182 g/mol. The molecule has 2 rings (SSSR count). The molecule has 72 valence electrons. The molecule has 1 aliphatic rings. The molecule has 2 heterocycles. The zero-order valence-corrected chi connectivity index (χ0v) is 7.69. The van der Waals surface area contributed by atoms with Gasteiger partial charge in [-0.15, -0.1) is 0 Å². The van der Waals surface area contributed by atoms with E-state index in [0.29, 0.717) is 5.89 Å². The van der Waals surface area contributed by atoms with Gasteiger partial charge in [0.1, 0.15) is 18.1 Å². The molecule has 0 amide bonds. The SMILES string of the molecule is CC(N)c1nc(C2CCCO2)co1. The number of oxazole rings is 1. The van der Waals surface area contributed by atoms with Crippen LogP contribution in [0.2, 0.25) is 0 Å². The first-order valence-corrected chi connectivity index (χ1v) is 4.60. The minimum atomic E-state index is -0.143. The fraction of sp³-hybridized carbons (Fsp3) is 0.667. The lowest BCUT2D eigenvalue weighted by Gasteiger charge is -2.03. The fourth-order valence-electron chi connectivity index (χ4n) is 1.47. The summed E-state index contributed by atoms with van der Waals surface area (Å²) < 4.78 is 10.7. The predicted octanol–water partition coefficient (Wildman–Crippen LogP) is 1.55. The third-order valence-corrected chi connectivity index (χ3v) is 2.19. The Morgan fingerprint density at radius 1 is 1.69 bits per heavy atom. The summed E-state index contributed by atoms with van der Waals surface area (Å²) in [4.78, 5) is 4.28. The van der Waals surface area contributed by atoms with Gasteiger partial charge in [0.15, 0.2) is 0 Å². The molecule has 4 heteroatoms. The standard InChI is InChI=1S/C9H14N2O2/c1-6(10)9-11-7(5-13-9)8-3-2-4-12-8/h5-6,8H,2-4,10H2,1H3. The molecule has 0 aliphatic carbocycles. The maximum atomic E-state index is 5.63. The van der Waals surface area contributed by atoms with Crippen LogP contribution in [0.5, 0.6) is 0 Å². The number of nitrogens with zero attached hydrogens (tertiary/aromatic N) is 1. The van der Waals surface area contributed by atoms with E-state index >= 15 is 0 Å². The topological polar surface area (TPSA) is 61.3 Å². The van der Waals surface area contributed by atoms with Crippen molar-refractivity contribution in [1.29, 1.82) is 0 Å². The summed E-state index contributed by atoms with van der Waals surface area (Å²) in [6, 6.07) is -0.143. The zero-order chi connectivity index (χ0) is 9.26. The van der Waals surface area contributed by atoms with E-state index in [1.165, 1.54) is 0 Å². The molecule has 4 nitrogen and oxygen atoms in total. The molecule has 1 aliphatic heterocycles. The smallest absolute Gasteiger partial charge is 0.210 e. The summed E-state index contributed by atoms with van der Waals surface area (Å²) in [5.41, 5.74) is 6.51. The second-order valence-electron chi connectivity index (χ2n) is 3.40. The Hall–Kier alpha value is -0.870. The summed E-state index contributed by atoms with van der Waals surface area (Å²) in [6.07, 6.45) is 3.90. The maximum absolute atomic E-state index is 5.63. The quantitative estimate of drug-likeness (QED) is 0.753. The summed E-state index contributed by atoms with van der Waals surface area (Å²) in [6.45, 7) is 2.68. The van der Waals surface area contributed by atoms with Crippen LogP contribution in [0.4, 0.5) is 0 Å². The van der Waals surface area contributed by atoms with Crippen LogP contribution >= 0.6 is 0 Å². The number of ether oxygens (including phenoxy) is 1. The molecule has 1 fully saturated rings. The Morgan fingerprint density at radius 3 is 3.08 bits per heavy atom. The molecule has 1 saturated heterocycles. The first-order valence-electron chi connectivity index (χ1n) is 4.60. The van der Waals surface area contributed by atoms with Crippen LogP contribution in [0.15, 0.2) is 10.7 Å². The monoisotopic (exact) mass is 182 g/mol. The molecule has 2 atom stereocenters. The van der Waals surface area contributed by atoms with Gasteiger partial charge in [0.25, 0.3) is 0 Å². The second-order valence-corrected chi connectivity index (χ2v) is 3.40. The molecule has 1 aromatic heterocycles. The Bertz CT molecular complexity index is 277. The van der Waals surface area contributed by atoms with Crippen LogP contribution in [0, 0.1) is 0 Å². The van der Waals surface area contributed by atoms with E-state index in [1.807, 2.05) is 6.92 Å². The minimum absolute atomic E-state index is 0.122. The van der Waals surface area contributed by atoms with Crippen molar-refractivity contribution >= 4 is 0 Å². The normalized spacial score (nSPS) is 24.9. The number of rotatable bonds is 2. The van der Waals surface area contributed by atoms with Crippen molar-refractivity contribution < 1.29 is 9.15 Å². The third-order valence-electron chi connectivity index (χ3n) is 2.19. The van der Waals surface area contributed by atoms with Gasteiger partial charge in [0.05, 0.1) is 6.04 Å². The van der Waals surface area contributed by atoms with Gasteiger partial charge in [-0.1, -0.05) is 0 Å². The van der Waals surface area contributed by atoms with Gasteiger partial charge in [0.2, 0.25) is 5.89 Å². The van der Waals surface area contributed by atoms with Crippen LogP contribution in [0.1, 0.15) is 43.5 Å². The van der Waals surface area contributed by atoms with Crippen molar-refractivity contribution in [1.82, 2.24) is 4.98 Å². The van der Waals surface area contributed by atoms with Crippen LogP contribution in [0.25, 0.3) is 0 Å². The number of hydrogen-bond donors (Lipinski definition) is 1. The molecule has 2 unspecified atom stereocenters. The van der Waals surface area contributed by atoms with E-state index in [0.717, 1.165) is 25.1 Å². The highest BCUT2D eigenvalue weighted by molar-refractivity contribution is 5.03. The first-order chi connectivity index (χ1) is 6.27. The third kappa shape index (κ3) is 1.73. The van der Waals surface area contributed by atoms with Gasteiger partial charge < -0.3 is 14.9 Å². The molecule has 13 heavy (non-hydrogen) atoms. The van der Waals surface area contributed by atoms with Crippen LogP contribution in [-0.2, 0) is 4.74 Å². The Kier molecular flexibility index (Phi) is 2.33. The van der Waals surface area contributed by atoms with E-state index in [1.54, 1.807) is 6.26 Å². The highest BCUT2D eigenvalue weighted by Gasteiger charge is 2.21. The number of hydrogen-bond acceptors (Lipinski definition) is 4. The van der Waals surface area contributed by atoms with Gasteiger partial charge in [-0.3, -0.25) is 0 Å². The Balaban J connectivity index is 2.12. The van der Waals surface area contributed by atoms with Gasteiger partial charge >= 0.3 is 0 Å². The van der Waals surface area contributed by atoms with Crippen molar-refractivity contribution in [2.24, 2.45) is 5.73 Å². The van der Waals surface area contributed by atoms with Crippen molar-refractivity contribution in [3.63, 3.8) is 0 Å². The lowest BCUT2D eigenvalue weighted by atomic mass is 10.2. The molecule has 0 radical (unpaired) electrons. The molecule has 0 spiro atoms. The second kappa shape index (κ2) is 3.47. The van der Waals surface area contributed by atoms with Crippen molar-refractivity contribution in [3.05, 3.63) is 17.8 Å². The molecular weight excluding hydrogens is 168 g/mol. The average Bonchev–Trinajstić information content (AvgIpc) is 2.75.